The van der Waals surface area contributed by atoms with Gasteiger partial charge in [-0.1, -0.05) is 42.5 Å². The van der Waals surface area contributed by atoms with Gasteiger partial charge in [-0.05, 0) is 66.4 Å². The molecule has 192 valence electrons. The number of nitrogens with zero attached hydrogens (tertiary/aromatic N) is 2. The average molecular weight is 553 g/mol. The molecule has 0 atom stereocenters. The number of anilines is 1. The van der Waals surface area contributed by atoms with E-state index in [-0.39, 0.29) is 52.4 Å². The second-order valence-corrected chi connectivity index (χ2v) is 10.2. The molecule has 0 aliphatic heterocycles. The number of halogens is 3. The molecule has 1 aromatic heterocycles. The molecule has 4 rings (SSSR count). The topological polar surface area (TPSA) is 99.6 Å². The third-order valence-corrected chi connectivity index (χ3v) is 7.36. The van der Waals surface area contributed by atoms with Gasteiger partial charge in [-0.15, -0.1) is 13.2 Å². The van der Waals surface area contributed by atoms with Crippen LogP contribution in [0.4, 0.5) is 19.0 Å². The molecule has 0 aliphatic carbocycles. The van der Waals surface area contributed by atoms with E-state index in [0.29, 0.717) is 16.6 Å². The van der Waals surface area contributed by atoms with E-state index in [4.69, 9.17) is 0 Å². The summed E-state index contributed by atoms with van der Waals surface area (Å²) in [5.74, 6) is -1.77. The van der Waals surface area contributed by atoms with E-state index in [9.17, 15) is 31.5 Å². The van der Waals surface area contributed by atoms with Gasteiger partial charge in [-0.2, -0.15) is 0 Å². The van der Waals surface area contributed by atoms with Crippen molar-refractivity contribution < 1.29 is 65.8 Å². The molecule has 0 fully saturated rings. The number of alkyl halides is 3. The van der Waals surface area contributed by atoms with Crippen LogP contribution in [0.3, 0.4) is 0 Å². The van der Waals surface area contributed by atoms with E-state index in [1.807, 2.05) is 25.1 Å². The van der Waals surface area contributed by atoms with Gasteiger partial charge in [0.25, 0.3) is 10.0 Å². The number of benzene rings is 3. The van der Waals surface area contributed by atoms with Gasteiger partial charge in [-0.3, -0.25) is 0 Å². The number of carboxylic acid groups (broad SMARTS) is 1. The van der Waals surface area contributed by atoms with Crippen molar-refractivity contribution in [1.82, 2.24) is 4.98 Å². The predicted molar refractivity (Wildman–Crippen MR) is 128 cm³/mol. The first-order chi connectivity index (χ1) is 17.3. The van der Waals surface area contributed by atoms with Crippen molar-refractivity contribution in [3.8, 4) is 5.75 Å². The number of sulfonamides is 1. The van der Waals surface area contributed by atoms with Crippen molar-refractivity contribution in [3.05, 3.63) is 95.1 Å². The SMILES string of the molecule is Cc1cc2cccc(C)c2nc1N(Cc1ccc(OC(F)(F)F)cc1)S(=O)(=O)c1ccc(C(=O)[O-])cc1.[Na+]. The molecule has 0 amide bonds. The van der Waals surface area contributed by atoms with Crippen LogP contribution in [0, 0.1) is 13.8 Å². The van der Waals surface area contributed by atoms with Gasteiger partial charge >= 0.3 is 35.9 Å². The molecule has 4 aromatic rings. The molecule has 0 saturated carbocycles. The number of aromatic carboxylic acids is 1. The number of pyridine rings is 1. The first-order valence-corrected chi connectivity index (χ1v) is 12.3. The number of fused-ring (bicyclic) bond motifs is 1. The molecule has 0 bridgehead atoms. The molecule has 12 heteroatoms. The van der Waals surface area contributed by atoms with Crippen molar-refractivity contribution in [1.29, 1.82) is 0 Å². The molecule has 0 spiro atoms. The maximum absolute atomic E-state index is 13.8. The van der Waals surface area contributed by atoms with Gasteiger partial charge in [0.15, 0.2) is 0 Å². The molecule has 0 N–H and O–H groups in total. The predicted octanol–water partition coefficient (Wildman–Crippen LogP) is 1.51. The standard InChI is InChI=1S/C26H21F3N2O5S.Na/c1-16-4-3-5-20-14-17(2)24(30-23(16)20)31(15-18-6-10-21(11-7-18)36-26(27,28)29)37(34,35)22-12-8-19(9-13-22)25(32)33;/h3-14H,15H2,1-2H3,(H,32,33);/q;+1/p-1. The molecule has 7 nitrogen and oxygen atoms in total. The van der Waals surface area contributed by atoms with Crippen LogP contribution in [-0.2, 0) is 16.6 Å². The minimum atomic E-state index is -4.86. The van der Waals surface area contributed by atoms with Gasteiger partial charge in [0.05, 0.1) is 22.9 Å². The molecule has 0 aliphatic rings. The van der Waals surface area contributed by atoms with Gasteiger partial charge in [0, 0.05) is 5.39 Å². The third kappa shape index (κ3) is 6.47. The summed E-state index contributed by atoms with van der Waals surface area (Å²) in [5.41, 5.74) is 2.13. The van der Waals surface area contributed by atoms with Crippen LogP contribution in [0.25, 0.3) is 10.9 Å². The molecule has 0 unspecified atom stereocenters. The smallest absolute Gasteiger partial charge is 0.545 e. The average Bonchev–Trinajstić information content (AvgIpc) is 2.83. The Bertz CT molecular complexity index is 1580. The number of carbonyl (C=O) groups excluding carboxylic acids is 1. The van der Waals surface area contributed by atoms with Gasteiger partial charge < -0.3 is 14.6 Å². The summed E-state index contributed by atoms with van der Waals surface area (Å²) in [4.78, 5) is 15.6. The van der Waals surface area contributed by atoms with Crippen LogP contribution >= 0.6 is 0 Å². The van der Waals surface area contributed by atoms with Crippen LogP contribution < -0.4 is 43.7 Å². The monoisotopic (exact) mass is 552 g/mol. The van der Waals surface area contributed by atoms with Crippen molar-refractivity contribution >= 4 is 32.7 Å². The molecule has 38 heavy (non-hydrogen) atoms. The number of ether oxygens (including phenoxy) is 1. The van der Waals surface area contributed by atoms with Crippen molar-refractivity contribution in [3.63, 3.8) is 0 Å². The zero-order valence-electron chi connectivity index (χ0n) is 20.6. The number of carboxylic acids is 1. The van der Waals surface area contributed by atoms with Crippen LogP contribution in [0.15, 0.2) is 77.7 Å². The van der Waals surface area contributed by atoms with Crippen LogP contribution in [0.2, 0.25) is 0 Å². The van der Waals surface area contributed by atoms with Crippen molar-refractivity contribution in [2.45, 2.75) is 31.7 Å². The van der Waals surface area contributed by atoms with E-state index >= 15 is 0 Å². The van der Waals surface area contributed by atoms with E-state index in [2.05, 4.69) is 9.72 Å². The maximum atomic E-state index is 13.8. The van der Waals surface area contributed by atoms with Crippen molar-refractivity contribution in [2.24, 2.45) is 0 Å². The number of aryl methyl sites for hydroxylation is 2. The second-order valence-electron chi connectivity index (χ2n) is 8.29. The van der Waals surface area contributed by atoms with Crippen molar-refractivity contribution in [2.75, 3.05) is 4.31 Å². The van der Waals surface area contributed by atoms with Crippen LogP contribution in [0.1, 0.15) is 27.0 Å². The minimum Gasteiger partial charge on any atom is -0.545 e. The zero-order valence-corrected chi connectivity index (χ0v) is 23.4. The number of rotatable bonds is 7. The van der Waals surface area contributed by atoms with Crippen LogP contribution in [0.5, 0.6) is 5.75 Å². The fraction of sp³-hybridized carbons (Fsp3) is 0.154. The van der Waals surface area contributed by atoms with E-state index < -0.39 is 28.1 Å². The largest absolute Gasteiger partial charge is 1.00 e. The molecule has 3 aromatic carbocycles. The molecule has 0 radical (unpaired) electrons. The first kappa shape index (κ1) is 29.4. The summed E-state index contributed by atoms with van der Waals surface area (Å²) in [5, 5.41) is 11.9. The van der Waals surface area contributed by atoms with Gasteiger partial charge in [-0.25, -0.2) is 17.7 Å². The molecule has 0 saturated heterocycles. The van der Waals surface area contributed by atoms with Gasteiger partial charge in [0.2, 0.25) is 0 Å². The molecular weight excluding hydrogens is 532 g/mol. The quantitative estimate of drug-likeness (QED) is 0.323. The molecule has 1 heterocycles. The summed E-state index contributed by atoms with van der Waals surface area (Å²) in [6.07, 6.45) is -4.86. The Balaban J connectivity index is 0.00000400. The number of hydrogen-bond acceptors (Lipinski definition) is 6. The maximum Gasteiger partial charge on any atom is 1.00 e. The summed E-state index contributed by atoms with van der Waals surface area (Å²) < 4.78 is 70.2. The Labute approximate surface area is 239 Å². The fourth-order valence-corrected chi connectivity index (χ4v) is 5.29. The Kier molecular flexibility index (Phi) is 8.77. The third-order valence-electron chi connectivity index (χ3n) is 5.61. The zero-order chi connectivity index (χ0) is 27.0. The summed E-state index contributed by atoms with van der Waals surface area (Å²) in [6.45, 7) is 3.28. The Morgan fingerprint density at radius 1 is 0.974 bits per heavy atom. The first-order valence-electron chi connectivity index (χ1n) is 10.9. The number of carbonyl (C=O) groups is 1. The second kappa shape index (κ2) is 11.3. The molecular formula is C26H20F3N2NaO5S. The number of para-hydroxylation sites is 1. The van der Waals surface area contributed by atoms with E-state index in [0.717, 1.165) is 51.7 Å². The van der Waals surface area contributed by atoms with Crippen LogP contribution in [-0.4, -0.2) is 25.7 Å². The summed E-state index contributed by atoms with van der Waals surface area (Å²) in [7, 11) is -4.29. The van der Waals surface area contributed by atoms with Gasteiger partial charge in [0.1, 0.15) is 11.6 Å². The number of aromatic nitrogens is 1. The summed E-state index contributed by atoms with van der Waals surface area (Å²) in [6, 6.07) is 16.7. The minimum absolute atomic E-state index is 0. The Hall–Kier alpha value is -3.12. The Morgan fingerprint density at radius 3 is 2.18 bits per heavy atom. The summed E-state index contributed by atoms with van der Waals surface area (Å²) >= 11 is 0. The Morgan fingerprint density at radius 2 is 1.61 bits per heavy atom. The van der Waals surface area contributed by atoms with E-state index in [1.165, 1.54) is 12.1 Å². The number of hydrogen-bond donors (Lipinski definition) is 0. The fourth-order valence-electron chi connectivity index (χ4n) is 3.82. The normalized spacial score (nSPS) is 11.6. The van der Waals surface area contributed by atoms with E-state index in [1.54, 1.807) is 13.0 Å².